The average Bonchev–Trinajstić information content (AvgIpc) is 2.14. The molecule has 0 aliphatic carbocycles. The van der Waals surface area contributed by atoms with Crippen molar-refractivity contribution < 1.29 is 18.0 Å². The largest absolute Gasteiger partial charge is 0.416 e. The number of amides is 1. The van der Waals surface area contributed by atoms with E-state index in [1.54, 1.807) is 0 Å². The van der Waals surface area contributed by atoms with Crippen LogP contribution in [-0.2, 0) is 6.18 Å². The zero-order valence-electron chi connectivity index (χ0n) is 8.15. The Morgan fingerprint density at radius 2 is 2.00 bits per heavy atom. The topological polar surface area (TPSA) is 55.1 Å². The summed E-state index contributed by atoms with van der Waals surface area (Å²) in [6.07, 6.45) is -4.47. The predicted octanol–water partition coefficient (Wildman–Crippen LogP) is 2.61. The van der Waals surface area contributed by atoms with Crippen LogP contribution in [0.3, 0.4) is 0 Å². The summed E-state index contributed by atoms with van der Waals surface area (Å²) in [6.45, 7) is 0. The van der Waals surface area contributed by atoms with Crippen molar-refractivity contribution in [1.82, 2.24) is 0 Å². The highest BCUT2D eigenvalue weighted by atomic mass is 79.9. The summed E-state index contributed by atoms with van der Waals surface area (Å²) in [7, 11) is 1.41. The maximum absolute atomic E-state index is 12.5. The Balaban J connectivity index is 3.44. The Morgan fingerprint density at radius 1 is 1.44 bits per heavy atom. The maximum atomic E-state index is 12.5. The van der Waals surface area contributed by atoms with E-state index in [1.807, 2.05) is 0 Å². The van der Waals surface area contributed by atoms with E-state index >= 15 is 0 Å². The van der Waals surface area contributed by atoms with Gasteiger partial charge in [-0.2, -0.15) is 13.2 Å². The lowest BCUT2D eigenvalue weighted by Crippen LogP contribution is -2.16. The average molecular weight is 297 g/mol. The van der Waals surface area contributed by atoms with Gasteiger partial charge in [-0.3, -0.25) is 4.79 Å². The van der Waals surface area contributed by atoms with Gasteiger partial charge in [0.05, 0.1) is 11.1 Å². The third-order valence-corrected chi connectivity index (χ3v) is 2.56. The lowest BCUT2D eigenvalue weighted by atomic mass is 10.1. The van der Waals surface area contributed by atoms with Crippen LogP contribution in [0, 0.1) is 0 Å². The molecule has 88 valence electrons. The van der Waals surface area contributed by atoms with Crippen LogP contribution in [0.5, 0.6) is 0 Å². The molecule has 1 aromatic rings. The molecule has 1 rings (SSSR count). The molecule has 1 aromatic carbocycles. The fourth-order valence-corrected chi connectivity index (χ4v) is 1.87. The van der Waals surface area contributed by atoms with Crippen molar-refractivity contribution in [3.05, 3.63) is 27.7 Å². The first-order valence-corrected chi connectivity index (χ1v) is 4.95. The van der Waals surface area contributed by atoms with Crippen LogP contribution >= 0.6 is 15.9 Å². The molecule has 0 fully saturated rings. The quantitative estimate of drug-likeness (QED) is 0.881. The number of nitrogens with two attached hydrogens (primary N) is 1. The van der Waals surface area contributed by atoms with E-state index in [1.165, 1.54) is 7.05 Å². The number of halogens is 4. The number of alkyl halides is 3. The van der Waals surface area contributed by atoms with Crippen molar-refractivity contribution in [3.63, 3.8) is 0 Å². The molecule has 0 unspecified atom stereocenters. The smallest absolute Gasteiger partial charge is 0.387 e. The number of primary amides is 1. The summed E-state index contributed by atoms with van der Waals surface area (Å²) in [4.78, 5) is 11.0. The Labute approximate surface area is 97.9 Å². The number of carbonyl (C=O) groups is 1. The van der Waals surface area contributed by atoms with Gasteiger partial charge in [0.1, 0.15) is 0 Å². The van der Waals surface area contributed by atoms with Crippen LogP contribution in [0.4, 0.5) is 18.9 Å². The van der Waals surface area contributed by atoms with Gasteiger partial charge in [-0.1, -0.05) is 0 Å². The molecular formula is C9H8BrF3N2O. The third kappa shape index (κ3) is 2.46. The Kier molecular flexibility index (Phi) is 3.47. The highest BCUT2D eigenvalue weighted by Crippen LogP contribution is 2.35. The molecule has 7 heteroatoms. The molecule has 0 saturated carbocycles. The zero-order valence-corrected chi connectivity index (χ0v) is 9.74. The van der Waals surface area contributed by atoms with E-state index in [2.05, 4.69) is 21.2 Å². The second-order valence-electron chi connectivity index (χ2n) is 2.99. The number of benzene rings is 1. The lowest BCUT2D eigenvalue weighted by Gasteiger charge is -2.13. The normalized spacial score (nSPS) is 11.3. The highest BCUT2D eigenvalue weighted by molar-refractivity contribution is 9.10. The van der Waals surface area contributed by atoms with Crippen molar-refractivity contribution in [2.75, 3.05) is 12.4 Å². The first-order chi connectivity index (χ1) is 7.27. The van der Waals surface area contributed by atoms with Crippen molar-refractivity contribution in [2.24, 2.45) is 5.73 Å². The van der Waals surface area contributed by atoms with Gasteiger partial charge in [0, 0.05) is 17.2 Å². The summed E-state index contributed by atoms with van der Waals surface area (Å²) in [6, 6.07) is 1.66. The molecule has 0 aliphatic heterocycles. The van der Waals surface area contributed by atoms with Gasteiger partial charge in [-0.25, -0.2) is 0 Å². The van der Waals surface area contributed by atoms with E-state index in [4.69, 9.17) is 5.73 Å². The molecule has 0 heterocycles. The SMILES string of the molecule is CNc1cc(C(F)(F)F)cc(Br)c1C(N)=O. The van der Waals surface area contributed by atoms with Crippen LogP contribution in [0.25, 0.3) is 0 Å². The molecule has 0 radical (unpaired) electrons. The van der Waals surface area contributed by atoms with Gasteiger partial charge in [0.15, 0.2) is 0 Å². The number of hydrogen-bond donors (Lipinski definition) is 2. The number of anilines is 1. The van der Waals surface area contributed by atoms with Crippen molar-refractivity contribution in [1.29, 1.82) is 0 Å². The van der Waals surface area contributed by atoms with Gasteiger partial charge < -0.3 is 11.1 Å². The van der Waals surface area contributed by atoms with E-state index in [0.29, 0.717) is 0 Å². The standard InChI is InChI=1S/C9H8BrF3N2O/c1-15-6-3-4(9(11,12)13)2-5(10)7(6)8(14)16/h2-3,15H,1H3,(H2,14,16). The second kappa shape index (κ2) is 4.32. The molecule has 0 saturated heterocycles. The highest BCUT2D eigenvalue weighted by Gasteiger charge is 2.32. The van der Waals surface area contributed by atoms with E-state index in [0.717, 1.165) is 12.1 Å². The monoisotopic (exact) mass is 296 g/mol. The molecule has 0 aromatic heterocycles. The molecule has 0 aliphatic rings. The van der Waals surface area contributed by atoms with E-state index in [-0.39, 0.29) is 15.7 Å². The molecule has 16 heavy (non-hydrogen) atoms. The molecule has 0 bridgehead atoms. The fourth-order valence-electron chi connectivity index (χ4n) is 1.22. The summed E-state index contributed by atoms with van der Waals surface area (Å²) >= 11 is 2.89. The van der Waals surface area contributed by atoms with Crippen molar-refractivity contribution >= 4 is 27.5 Å². The van der Waals surface area contributed by atoms with Crippen LogP contribution in [0.1, 0.15) is 15.9 Å². The fraction of sp³-hybridized carbons (Fsp3) is 0.222. The van der Waals surface area contributed by atoms with E-state index in [9.17, 15) is 18.0 Å². The van der Waals surface area contributed by atoms with Crippen molar-refractivity contribution in [3.8, 4) is 0 Å². The van der Waals surface area contributed by atoms with E-state index < -0.39 is 17.6 Å². The number of carbonyl (C=O) groups excluding carboxylic acids is 1. The first-order valence-electron chi connectivity index (χ1n) is 4.15. The lowest BCUT2D eigenvalue weighted by molar-refractivity contribution is -0.137. The molecule has 3 nitrogen and oxygen atoms in total. The molecule has 0 atom stereocenters. The second-order valence-corrected chi connectivity index (χ2v) is 3.85. The molecule has 3 N–H and O–H groups in total. The zero-order chi connectivity index (χ0) is 12.5. The number of nitrogens with one attached hydrogen (secondary N) is 1. The number of hydrogen-bond acceptors (Lipinski definition) is 2. The van der Waals surface area contributed by atoms with Gasteiger partial charge >= 0.3 is 6.18 Å². The summed E-state index contributed by atoms with van der Waals surface area (Å²) in [5.74, 6) is -0.801. The molecule has 0 spiro atoms. The maximum Gasteiger partial charge on any atom is 0.416 e. The van der Waals surface area contributed by atoms with Gasteiger partial charge in [0.25, 0.3) is 5.91 Å². The minimum atomic E-state index is -4.47. The predicted molar refractivity (Wildman–Crippen MR) is 57.2 cm³/mol. The summed E-state index contributed by atoms with van der Waals surface area (Å²) in [5, 5.41) is 2.50. The van der Waals surface area contributed by atoms with Gasteiger partial charge in [0.2, 0.25) is 0 Å². The minimum absolute atomic E-state index is 0.00417. The number of rotatable bonds is 2. The van der Waals surface area contributed by atoms with Gasteiger partial charge in [-0.15, -0.1) is 0 Å². The Morgan fingerprint density at radius 3 is 2.38 bits per heavy atom. The van der Waals surface area contributed by atoms with Crippen molar-refractivity contribution in [2.45, 2.75) is 6.18 Å². The van der Waals surface area contributed by atoms with Crippen LogP contribution < -0.4 is 11.1 Å². The van der Waals surface area contributed by atoms with Crippen LogP contribution in [-0.4, -0.2) is 13.0 Å². The molecular weight excluding hydrogens is 289 g/mol. The Bertz CT molecular complexity index is 431. The van der Waals surface area contributed by atoms with Crippen LogP contribution in [0.15, 0.2) is 16.6 Å². The molecule has 1 amide bonds. The van der Waals surface area contributed by atoms with Gasteiger partial charge in [-0.05, 0) is 28.1 Å². The first kappa shape index (κ1) is 12.8. The third-order valence-electron chi connectivity index (χ3n) is 1.93. The summed E-state index contributed by atoms with van der Waals surface area (Å²) < 4.78 is 37.4. The van der Waals surface area contributed by atoms with Crippen LogP contribution in [0.2, 0.25) is 0 Å². The Hall–Kier alpha value is -1.24. The minimum Gasteiger partial charge on any atom is -0.387 e. The summed E-state index contributed by atoms with van der Waals surface area (Å²) in [5.41, 5.74) is 4.24.